The molecule has 2 aliphatic heterocycles. The molecule has 5 rings (SSSR count). The molecular formula is C27H26ClN3O4. The Balaban J connectivity index is 1.84. The lowest BCUT2D eigenvalue weighted by molar-refractivity contribution is 0.0626. The van der Waals surface area contributed by atoms with E-state index in [0.29, 0.717) is 23.8 Å². The molecule has 0 unspecified atom stereocenters. The molecule has 0 radical (unpaired) electrons. The number of carbonyl (C=O) groups excluding carboxylic acids is 1. The molecule has 0 saturated carbocycles. The summed E-state index contributed by atoms with van der Waals surface area (Å²) in [6.45, 7) is 4.57. The van der Waals surface area contributed by atoms with Gasteiger partial charge < -0.3 is 14.7 Å². The predicted molar refractivity (Wildman–Crippen MR) is 135 cm³/mol. The van der Waals surface area contributed by atoms with Crippen molar-refractivity contribution in [3.05, 3.63) is 105 Å². The minimum Gasteiger partial charge on any atom is -0.502 e. The normalized spacial score (nSPS) is 20.4. The van der Waals surface area contributed by atoms with Crippen molar-refractivity contribution in [1.82, 2.24) is 9.58 Å². The van der Waals surface area contributed by atoms with E-state index in [4.69, 9.17) is 16.3 Å². The Labute approximate surface area is 208 Å². The van der Waals surface area contributed by atoms with E-state index in [9.17, 15) is 14.7 Å². The predicted octanol–water partition coefficient (Wildman–Crippen LogP) is 4.38. The quantitative estimate of drug-likeness (QED) is 0.538. The van der Waals surface area contributed by atoms with E-state index in [2.05, 4.69) is 0 Å². The molecule has 0 saturated heterocycles. The molecule has 2 aromatic carbocycles. The second-order valence-corrected chi connectivity index (χ2v) is 9.17. The summed E-state index contributed by atoms with van der Waals surface area (Å²) in [5, 5.41) is 13.3. The number of aromatic hydroxyl groups is 1. The molecule has 3 aromatic rings. The summed E-state index contributed by atoms with van der Waals surface area (Å²) in [7, 11) is 0. The SMILES string of the molecule is CC[C@H]1/C=C/COc2cc(Cl)ccc2[C@H](c2ccccc2C)N2CN1C(=O)c1c(O)c(=O)ccn12. The van der Waals surface area contributed by atoms with E-state index in [-0.39, 0.29) is 18.4 Å². The number of halogens is 1. The molecule has 2 aliphatic rings. The van der Waals surface area contributed by atoms with Crippen LogP contribution in [0.2, 0.25) is 5.02 Å². The van der Waals surface area contributed by atoms with E-state index in [1.54, 1.807) is 21.8 Å². The van der Waals surface area contributed by atoms with Gasteiger partial charge in [0, 0.05) is 22.8 Å². The third-order valence-corrected chi connectivity index (χ3v) is 6.89. The zero-order chi connectivity index (χ0) is 24.7. The van der Waals surface area contributed by atoms with E-state index >= 15 is 0 Å². The lowest BCUT2D eigenvalue weighted by Gasteiger charge is -2.46. The van der Waals surface area contributed by atoms with Crippen LogP contribution in [-0.4, -0.2) is 39.9 Å². The fraction of sp³-hybridized carbons (Fsp3) is 0.259. The van der Waals surface area contributed by atoms with Crippen LogP contribution in [0.3, 0.4) is 0 Å². The summed E-state index contributed by atoms with van der Waals surface area (Å²) in [5.74, 6) is -0.328. The Morgan fingerprint density at radius 3 is 2.69 bits per heavy atom. The van der Waals surface area contributed by atoms with Gasteiger partial charge in [-0.3, -0.25) is 19.3 Å². The number of carbonyl (C=O) groups is 1. The number of pyridine rings is 1. The number of aromatic nitrogens is 1. The molecule has 3 heterocycles. The fourth-order valence-corrected chi connectivity index (χ4v) is 5.03. The van der Waals surface area contributed by atoms with Gasteiger partial charge in [0.1, 0.15) is 25.1 Å². The average molecular weight is 492 g/mol. The summed E-state index contributed by atoms with van der Waals surface area (Å²) >= 11 is 6.35. The first-order valence-corrected chi connectivity index (χ1v) is 12.0. The molecule has 1 amide bonds. The first-order chi connectivity index (χ1) is 16.9. The smallest absolute Gasteiger partial charge is 0.278 e. The van der Waals surface area contributed by atoms with Crippen LogP contribution in [0.4, 0.5) is 0 Å². The number of rotatable bonds is 2. The van der Waals surface area contributed by atoms with Gasteiger partial charge in [-0.15, -0.1) is 0 Å². The number of nitrogens with zero attached hydrogens (tertiary/aromatic N) is 3. The standard InChI is InChI=1S/C27H26ClN3O4/c1-3-19-8-6-14-35-23-15-18(28)10-11-21(23)24(20-9-5-4-7-17(20)2)31-16-29(19)27(34)25-26(33)22(32)12-13-30(25)31/h4-13,15,19,24,33H,3,14,16H2,1-2H3/b8-6+/t19-,24-/m0/s1. The maximum atomic E-state index is 13.6. The summed E-state index contributed by atoms with van der Waals surface area (Å²) in [6, 6.07) is 14.2. The Morgan fingerprint density at radius 1 is 1.11 bits per heavy atom. The number of hydrogen-bond acceptors (Lipinski definition) is 5. The zero-order valence-corrected chi connectivity index (χ0v) is 20.3. The number of benzene rings is 2. The van der Waals surface area contributed by atoms with Crippen molar-refractivity contribution in [3.8, 4) is 11.5 Å². The van der Waals surface area contributed by atoms with Crippen molar-refractivity contribution in [2.45, 2.75) is 32.4 Å². The molecule has 0 aliphatic carbocycles. The molecule has 2 atom stereocenters. The van der Waals surface area contributed by atoms with Gasteiger partial charge in [0.05, 0.1) is 6.04 Å². The zero-order valence-electron chi connectivity index (χ0n) is 19.5. The molecule has 0 fully saturated rings. The van der Waals surface area contributed by atoms with Crippen molar-refractivity contribution < 1.29 is 14.6 Å². The highest BCUT2D eigenvalue weighted by molar-refractivity contribution is 6.30. The molecule has 1 N–H and O–H groups in total. The minimum atomic E-state index is -0.595. The van der Waals surface area contributed by atoms with Gasteiger partial charge in [-0.1, -0.05) is 54.9 Å². The lowest BCUT2D eigenvalue weighted by atomic mass is 9.93. The van der Waals surface area contributed by atoms with Crippen LogP contribution in [0.15, 0.2) is 71.7 Å². The molecule has 8 heteroatoms. The van der Waals surface area contributed by atoms with E-state index in [1.807, 2.05) is 67.4 Å². The second-order valence-electron chi connectivity index (χ2n) is 8.73. The minimum absolute atomic E-state index is 0.0511. The molecule has 2 bridgehead atoms. The highest BCUT2D eigenvalue weighted by atomic mass is 35.5. The Morgan fingerprint density at radius 2 is 1.91 bits per heavy atom. The number of amides is 1. The van der Waals surface area contributed by atoms with Gasteiger partial charge in [-0.05, 0) is 42.7 Å². The second kappa shape index (κ2) is 9.15. The fourth-order valence-electron chi connectivity index (χ4n) is 4.87. The molecule has 1 aromatic heterocycles. The van der Waals surface area contributed by atoms with Gasteiger partial charge in [0.25, 0.3) is 5.91 Å². The van der Waals surface area contributed by atoms with Gasteiger partial charge in [0.15, 0.2) is 11.4 Å². The number of aryl methyl sites for hydroxylation is 1. The third kappa shape index (κ3) is 3.96. The Kier molecular flexibility index (Phi) is 6.03. The molecule has 180 valence electrons. The maximum Gasteiger partial charge on any atom is 0.278 e. The van der Waals surface area contributed by atoms with E-state index < -0.39 is 23.1 Å². The first-order valence-electron chi connectivity index (χ1n) is 11.6. The van der Waals surface area contributed by atoms with E-state index in [0.717, 1.165) is 16.7 Å². The summed E-state index contributed by atoms with van der Waals surface area (Å²) < 4.78 is 7.78. The van der Waals surface area contributed by atoms with Gasteiger partial charge >= 0.3 is 0 Å². The number of hydrogen-bond donors (Lipinski definition) is 1. The first kappa shape index (κ1) is 23.1. The monoisotopic (exact) mass is 491 g/mol. The lowest BCUT2D eigenvalue weighted by Crippen LogP contribution is -2.57. The van der Waals surface area contributed by atoms with Crippen LogP contribution in [-0.2, 0) is 0 Å². The topological polar surface area (TPSA) is 75.0 Å². The van der Waals surface area contributed by atoms with Crippen LogP contribution >= 0.6 is 11.6 Å². The third-order valence-electron chi connectivity index (χ3n) is 6.65. The number of ether oxygens (including phenoxy) is 1. The van der Waals surface area contributed by atoms with Gasteiger partial charge in [-0.25, -0.2) is 0 Å². The van der Waals surface area contributed by atoms with Crippen LogP contribution in [0.25, 0.3) is 0 Å². The summed E-state index contributed by atoms with van der Waals surface area (Å²) in [5.41, 5.74) is 2.25. The van der Waals surface area contributed by atoms with Crippen molar-refractivity contribution in [2.75, 3.05) is 18.3 Å². The van der Waals surface area contributed by atoms with Crippen molar-refractivity contribution in [3.63, 3.8) is 0 Å². The van der Waals surface area contributed by atoms with E-state index in [1.165, 1.54) is 6.07 Å². The summed E-state index contributed by atoms with van der Waals surface area (Å²) in [4.78, 5) is 27.7. The van der Waals surface area contributed by atoms with Crippen LogP contribution in [0.1, 0.15) is 46.6 Å². The molecule has 35 heavy (non-hydrogen) atoms. The number of fused-ring (bicyclic) bond motifs is 5. The molecule has 7 nitrogen and oxygen atoms in total. The Hall–Kier alpha value is -3.71. The van der Waals surface area contributed by atoms with Crippen LogP contribution in [0.5, 0.6) is 11.5 Å². The molecular weight excluding hydrogens is 466 g/mol. The highest BCUT2D eigenvalue weighted by Crippen LogP contribution is 2.39. The summed E-state index contributed by atoms with van der Waals surface area (Å²) in [6.07, 6.45) is 6.02. The van der Waals surface area contributed by atoms with Gasteiger partial charge in [0.2, 0.25) is 5.43 Å². The van der Waals surface area contributed by atoms with Crippen molar-refractivity contribution in [2.24, 2.45) is 0 Å². The average Bonchev–Trinajstić information content (AvgIpc) is 2.87. The van der Waals surface area contributed by atoms with Crippen LogP contribution < -0.4 is 15.2 Å². The maximum absolute atomic E-state index is 13.6. The Bertz CT molecular complexity index is 1380. The van der Waals surface area contributed by atoms with Crippen LogP contribution in [0, 0.1) is 6.92 Å². The highest BCUT2D eigenvalue weighted by Gasteiger charge is 2.39. The van der Waals surface area contributed by atoms with Crippen molar-refractivity contribution in [1.29, 1.82) is 0 Å². The van der Waals surface area contributed by atoms with Crippen molar-refractivity contribution >= 4 is 17.5 Å². The molecule has 0 spiro atoms. The van der Waals surface area contributed by atoms with Gasteiger partial charge in [-0.2, -0.15) is 0 Å². The largest absolute Gasteiger partial charge is 0.502 e.